The number of carboxylic acids is 2. The maximum Gasteiger partial charge on any atom is 0.326 e. The molecule has 0 rings (SSSR count). The molecule has 0 aliphatic heterocycles. The Bertz CT molecular complexity index is 124. The van der Waals surface area contributed by atoms with Gasteiger partial charge in [-0.1, -0.05) is 0 Å². The van der Waals surface area contributed by atoms with Crippen LogP contribution in [0.25, 0.3) is 0 Å². The van der Waals surface area contributed by atoms with Crippen LogP contribution in [0.3, 0.4) is 0 Å². The molecule has 4 N–H and O–H groups in total. The average Bonchev–Trinajstić information content (AvgIpc) is 1.50. The third kappa shape index (κ3) is 1070. The van der Waals surface area contributed by atoms with Crippen molar-refractivity contribution in [3.8, 4) is 0 Å². The highest BCUT2D eigenvalue weighted by Gasteiger charge is 2.08. The van der Waals surface area contributed by atoms with E-state index in [0.717, 1.165) is 13.8 Å². The molecule has 0 saturated heterocycles. The van der Waals surface area contributed by atoms with Gasteiger partial charge in [0.1, 0.15) is 0 Å². The van der Waals surface area contributed by atoms with E-state index in [4.69, 9.17) is 29.4 Å². The highest BCUT2D eigenvalue weighted by Crippen LogP contribution is 1.82. The summed E-state index contributed by atoms with van der Waals surface area (Å²) in [4.78, 5) is 34.4. The molecule has 0 aromatic rings. The van der Waals surface area contributed by atoms with E-state index in [1.54, 1.807) is 0 Å². The Hall–Kier alpha value is -0.923. The SMILES string of the molecule is CC(=O)O.CC(=O)O.C[Si](C)(O)O. The minimum absolute atomic E-state index is 0.833. The largest absolute Gasteiger partial charge is 0.481 e. The molecular formula is C6H16O6Si. The fourth-order valence-electron chi connectivity index (χ4n) is 0. The minimum Gasteiger partial charge on any atom is -0.481 e. The number of aliphatic carboxylic acids is 2. The van der Waals surface area contributed by atoms with Gasteiger partial charge in [-0.25, -0.2) is 0 Å². The summed E-state index contributed by atoms with van der Waals surface area (Å²) in [7, 11) is -2.61. The zero-order valence-corrected chi connectivity index (χ0v) is 9.11. The van der Waals surface area contributed by atoms with E-state index in [1.807, 2.05) is 0 Å². The van der Waals surface area contributed by atoms with E-state index < -0.39 is 20.5 Å². The van der Waals surface area contributed by atoms with Gasteiger partial charge in [-0.2, -0.15) is 0 Å². The van der Waals surface area contributed by atoms with E-state index in [2.05, 4.69) is 0 Å². The number of carboxylic acid groups (broad SMARTS) is 2. The first-order chi connectivity index (χ1) is 5.46. The van der Waals surface area contributed by atoms with Gasteiger partial charge in [-0.3, -0.25) is 9.59 Å². The average molecular weight is 212 g/mol. The van der Waals surface area contributed by atoms with Crippen molar-refractivity contribution in [2.75, 3.05) is 0 Å². The Morgan fingerprint density at radius 3 is 0.923 bits per heavy atom. The van der Waals surface area contributed by atoms with E-state index in [9.17, 15) is 0 Å². The molecule has 0 amide bonds. The molecule has 13 heavy (non-hydrogen) atoms. The summed E-state index contributed by atoms with van der Waals surface area (Å²) in [5.74, 6) is -1.67. The van der Waals surface area contributed by atoms with E-state index >= 15 is 0 Å². The van der Waals surface area contributed by atoms with Crippen LogP contribution < -0.4 is 0 Å². The molecule has 0 bridgehead atoms. The van der Waals surface area contributed by atoms with Gasteiger partial charge in [0.15, 0.2) is 0 Å². The number of hydrogen-bond donors (Lipinski definition) is 4. The summed E-state index contributed by atoms with van der Waals surface area (Å²) in [5, 5.41) is 14.8. The van der Waals surface area contributed by atoms with E-state index in [-0.39, 0.29) is 0 Å². The topological polar surface area (TPSA) is 115 Å². The molecule has 7 heteroatoms. The van der Waals surface area contributed by atoms with Crippen molar-refractivity contribution in [3.63, 3.8) is 0 Å². The Morgan fingerprint density at radius 1 is 0.923 bits per heavy atom. The highest BCUT2D eigenvalue weighted by molar-refractivity contribution is 6.61. The summed E-state index contributed by atoms with van der Waals surface area (Å²) in [5.41, 5.74) is 0. The predicted molar refractivity (Wildman–Crippen MR) is 48.5 cm³/mol. The minimum atomic E-state index is -2.61. The molecule has 0 unspecified atom stereocenters. The van der Waals surface area contributed by atoms with Crippen molar-refractivity contribution >= 4 is 20.5 Å². The molecule has 0 heterocycles. The molecule has 0 atom stereocenters. The first-order valence-corrected chi connectivity index (χ1v) is 6.20. The van der Waals surface area contributed by atoms with Crippen molar-refractivity contribution in [2.24, 2.45) is 0 Å². The Morgan fingerprint density at radius 2 is 0.923 bits per heavy atom. The third-order valence-corrected chi connectivity index (χ3v) is 0. The highest BCUT2D eigenvalue weighted by atomic mass is 28.4. The molecule has 0 saturated carbocycles. The zero-order valence-electron chi connectivity index (χ0n) is 8.11. The van der Waals surface area contributed by atoms with Gasteiger partial charge < -0.3 is 19.8 Å². The van der Waals surface area contributed by atoms with Crippen molar-refractivity contribution in [1.82, 2.24) is 0 Å². The molecule has 0 aromatic carbocycles. The van der Waals surface area contributed by atoms with Crippen LogP contribution in [0.15, 0.2) is 0 Å². The second kappa shape index (κ2) is 9.17. The maximum absolute atomic E-state index is 9.00. The Balaban J connectivity index is -0.000000117. The van der Waals surface area contributed by atoms with Crippen LogP contribution in [0.4, 0.5) is 0 Å². The molecule has 80 valence electrons. The first-order valence-electron chi connectivity index (χ1n) is 3.30. The smallest absolute Gasteiger partial charge is 0.326 e. The van der Waals surface area contributed by atoms with E-state index in [0.29, 0.717) is 0 Å². The van der Waals surface area contributed by atoms with Gasteiger partial charge in [0.25, 0.3) is 11.9 Å². The molecule has 0 spiro atoms. The van der Waals surface area contributed by atoms with Crippen molar-refractivity contribution < 1.29 is 29.4 Å². The van der Waals surface area contributed by atoms with Crippen LogP contribution in [0.2, 0.25) is 13.1 Å². The van der Waals surface area contributed by atoms with Crippen LogP contribution >= 0.6 is 0 Å². The quantitative estimate of drug-likeness (QED) is 0.415. The van der Waals surface area contributed by atoms with Gasteiger partial charge >= 0.3 is 8.56 Å². The summed E-state index contributed by atoms with van der Waals surface area (Å²) in [6.07, 6.45) is 0. The third-order valence-electron chi connectivity index (χ3n) is 0. The van der Waals surface area contributed by atoms with Gasteiger partial charge in [0.2, 0.25) is 0 Å². The number of hydrogen-bond acceptors (Lipinski definition) is 4. The monoisotopic (exact) mass is 212 g/mol. The summed E-state index contributed by atoms with van der Waals surface area (Å²) >= 11 is 0. The maximum atomic E-state index is 9.00. The van der Waals surface area contributed by atoms with Crippen molar-refractivity contribution in [1.29, 1.82) is 0 Å². The van der Waals surface area contributed by atoms with Gasteiger partial charge in [-0.15, -0.1) is 0 Å². The fraction of sp³-hybridized carbons (Fsp3) is 0.667. The first kappa shape index (κ1) is 18.0. The summed E-state index contributed by atoms with van der Waals surface area (Å²) in [6, 6.07) is 0. The lowest BCUT2D eigenvalue weighted by Crippen LogP contribution is -2.23. The number of carbonyl (C=O) groups is 2. The van der Waals surface area contributed by atoms with E-state index in [1.165, 1.54) is 13.1 Å². The van der Waals surface area contributed by atoms with Crippen LogP contribution in [-0.2, 0) is 9.59 Å². The van der Waals surface area contributed by atoms with Gasteiger partial charge in [0.05, 0.1) is 0 Å². The normalized spacial score (nSPS) is 8.46. The Labute approximate surface area is 77.7 Å². The second-order valence-electron chi connectivity index (χ2n) is 2.53. The van der Waals surface area contributed by atoms with Gasteiger partial charge in [0, 0.05) is 13.8 Å². The molecule has 6 nitrogen and oxygen atoms in total. The molecule has 0 radical (unpaired) electrons. The summed E-state index contributed by atoms with van der Waals surface area (Å²) in [6.45, 7) is 5.04. The molecule has 0 aromatic heterocycles. The van der Waals surface area contributed by atoms with Crippen molar-refractivity contribution in [3.05, 3.63) is 0 Å². The van der Waals surface area contributed by atoms with Crippen molar-refractivity contribution in [2.45, 2.75) is 26.9 Å². The summed E-state index contributed by atoms with van der Waals surface area (Å²) < 4.78 is 0. The fourth-order valence-corrected chi connectivity index (χ4v) is 0. The molecule has 0 aliphatic carbocycles. The molecule has 0 fully saturated rings. The number of rotatable bonds is 0. The molecule has 0 aliphatic rings. The Kier molecular flexibility index (Phi) is 12.7. The predicted octanol–water partition coefficient (Wildman–Crippen LogP) is -0.145. The standard InChI is InChI=1S/C2H8O2Si.2C2H4O2/c1-5(2,3)4;2*1-2(3)4/h3-4H,1-2H3;2*1H3,(H,3,4). The zero-order chi connectivity index (χ0) is 11.7. The molecular weight excluding hydrogens is 196 g/mol. The lowest BCUT2D eigenvalue weighted by Gasteiger charge is -1.97. The van der Waals surface area contributed by atoms with Crippen LogP contribution in [0.1, 0.15) is 13.8 Å². The van der Waals surface area contributed by atoms with Crippen LogP contribution in [-0.4, -0.2) is 40.3 Å². The lowest BCUT2D eigenvalue weighted by molar-refractivity contribution is -0.135. The van der Waals surface area contributed by atoms with Crippen LogP contribution in [0.5, 0.6) is 0 Å². The van der Waals surface area contributed by atoms with Gasteiger partial charge in [-0.05, 0) is 13.1 Å². The second-order valence-corrected chi connectivity index (χ2v) is 5.52. The lowest BCUT2D eigenvalue weighted by atomic mass is 10.9. The van der Waals surface area contributed by atoms with Crippen LogP contribution in [0, 0.1) is 0 Å².